The molecule has 3 nitrogen and oxygen atoms in total. The first-order valence-electron chi connectivity index (χ1n) is 5.30. The van der Waals surface area contributed by atoms with E-state index in [2.05, 4.69) is 28.6 Å². The molecule has 0 radical (unpaired) electrons. The molecule has 1 aliphatic carbocycles. The summed E-state index contributed by atoms with van der Waals surface area (Å²) in [5.74, 6) is 0. The van der Waals surface area contributed by atoms with Gasteiger partial charge in [0.15, 0.2) is 0 Å². The fourth-order valence-electron chi connectivity index (χ4n) is 1.42. The molecule has 0 aromatic carbocycles. The molecule has 0 unspecified atom stereocenters. The van der Waals surface area contributed by atoms with E-state index in [1.807, 2.05) is 12.4 Å². The van der Waals surface area contributed by atoms with Crippen molar-refractivity contribution < 1.29 is 0 Å². The third kappa shape index (κ3) is 2.45. The molecule has 1 aromatic heterocycles. The van der Waals surface area contributed by atoms with Crippen molar-refractivity contribution in [3.05, 3.63) is 24.0 Å². The van der Waals surface area contributed by atoms with Crippen molar-refractivity contribution in [1.82, 2.24) is 10.3 Å². The van der Waals surface area contributed by atoms with E-state index in [9.17, 15) is 0 Å². The number of rotatable bonds is 5. The summed E-state index contributed by atoms with van der Waals surface area (Å²) in [6, 6.07) is 2.77. The number of nitrogens with one attached hydrogen (secondary N) is 2. The topological polar surface area (TPSA) is 37.0 Å². The zero-order chi connectivity index (χ0) is 9.80. The van der Waals surface area contributed by atoms with E-state index in [0.29, 0.717) is 6.04 Å². The number of nitrogens with zero attached hydrogens (tertiary/aromatic N) is 1. The van der Waals surface area contributed by atoms with Gasteiger partial charge in [-0.1, -0.05) is 6.92 Å². The Balaban J connectivity index is 2.02. The quantitative estimate of drug-likeness (QED) is 0.744. The lowest BCUT2D eigenvalue weighted by Crippen LogP contribution is -2.14. The van der Waals surface area contributed by atoms with Gasteiger partial charge in [0.25, 0.3) is 0 Å². The lowest BCUT2D eigenvalue weighted by Gasteiger charge is -2.10. The molecule has 76 valence electrons. The van der Waals surface area contributed by atoms with E-state index in [1.165, 1.54) is 24.1 Å². The molecule has 1 heterocycles. The van der Waals surface area contributed by atoms with Gasteiger partial charge in [-0.3, -0.25) is 4.98 Å². The number of hydrogen-bond acceptors (Lipinski definition) is 3. The predicted molar refractivity (Wildman–Crippen MR) is 58.3 cm³/mol. The fraction of sp³-hybridized carbons (Fsp3) is 0.545. The zero-order valence-electron chi connectivity index (χ0n) is 8.59. The minimum absolute atomic E-state index is 0.706. The van der Waals surface area contributed by atoms with E-state index in [0.717, 1.165) is 13.1 Å². The van der Waals surface area contributed by atoms with Gasteiger partial charge < -0.3 is 10.6 Å². The SMILES string of the molecule is CCNCc1cnccc1NC1CC1. The van der Waals surface area contributed by atoms with Crippen LogP contribution >= 0.6 is 0 Å². The van der Waals surface area contributed by atoms with E-state index in [-0.39, 0.29) is 0 Å². The summed E-state index contributed by atoms with van der Waals surface area (Å²) < 4.78 is 0. The molecular weight excluding hydrogens is 174 g/mol. The molecule has 0 saturated heterocycles. The Kier molecular flexibility index (Phi) is 2.99. The average Bonchev–Trinajstić information content (AvgIpc) is 3.01. The molecule has 1 aromatic rings. The van der Waals surface area contributed by atoms with Gasteiger partial charge in [-0.25, -0.2) is 0 Å². The van der Waals surface area contributed by atoms with Crippen molar-refractivity contribution in [1.29, 1.82) is 0 Å². The van der Waals surface area contributed by atoms with Crippen LogP contribution in [0.3, 0.4) is 0 Å². The number of pyridine rings is 1. The predicted octanol–water partition coefficient (Wildman–Crippen LogP) is 1.77. The largest absolute Gasteiger partial charge is 0.382 e. The Morgan fingerprint density at radius 1 is 1.50 bits per heavy atom. The first-order chi connectivity index (χ1) is 6.90. The van der Waals surface area contributed by atoms with Crippen LogP contribution in [0.2, 0.25) is 0 Å². The van der Waals surface area contributed by atoms with E-state index in [1.54, 1.807) is 0 Å². The monoisotopic (exact) mass is 191 g/mol. The normalized spacial score (nSPS) is 15.5. The minimum atomic E-state index is 0.706. The van der Waals surface area contributed by atoms with Gasteiger partial charge in [-0.15, -0.1) is 0 Å². The molecule has 0 amide bonds. The molecule has 2 rings (SSSR count). The van der Waals surface area contributed by atoms with Crippen molar-refractivity contribution in [3.63, 3.8) is 0 Å². The Bertz CT molecular complexity index is 294. The molecule has 0 aliphatic heterocycles. The van der Waals surface area contributed by atoms with Crippen LogP contribution in [0.4, 0.5) is 5.69 Å². The van der Waals surface area contributed by atoms with Crippen molar-refractivity contribution in [2.24, 2.45) is 0 Å². The van der Waals surface area contributed by atoms with Gasteiger partial charge in [-0.2, -0.15) is 0 Å². The molecule has 1 fully saturated rings. The number of aromatic nitrogens is 1. The summed E-state index contributed by atoms with van der Waals surface area (Å²) in [5, 5.41) is 6.83. The van der Waals surface area contributed by atoms with Crippen molar-refractivity contribution in [2.75, 3.05) is 11.9 Å². The standard InChI is InChI=1S/C11H17N3/c1-2-12-7-9-8-13-6-5-11(9)14-10-3-4-10/h5-6,8,10,12H,2-4,7H2,1H3,(H,13,14). The minimum Gasteiger partial charge on any atom is -0.382 e. The molecular formula is C11H17N3. The highest BCUT2D eigenvalue weighted by Crippen LogP contribution is 2.26. The summed E-state index contributed by atoms with van der Waals surface area (Å²) in [5.41, 5.74) is 2.50. The van der Waals surface area contributed by atoms with Crippen LogP contribution in [0.15, 0.2) is 18.5 Å². The maximum atomic E-state index is 4.15. The van der Waals surface area contributed by atoms with Gasteiger partial charge in [0.05, 0.1) is 0 Å². The van der Waals surface area contributed by atoms with Gasteiger partial charge in [-0.05, 0) is 25.5 Å². The van der Waals surface area contributed by atoms with E-state index in [4.69, 9.17) is 0 Å². The van der Waals surface area contributed by atoms with Crippen molar-refractivity contribution in [3.8, 4) is 0 Å². The molecule has 1 saturated carbocycles. The van der Waals surface area contributed by atoms with Crippen LogP contribution < -0.4 is 10.6 Å². The summed E-state index contributed by atoms with van der Waals surface area (Å²) in [7, 11) is 0. The summed E-state index contributed by atoms with van der Waals surface area (Å²) in [6.45, 7) is 4.02. The third-order valence-electron chi connectivity index (χ3n) is 2.41. The Morgan fingerprint density at radius 3 is 3.07 bits per heavy atom. The maximum Gasteiger partial charge on any atom is 0.0418 e. The highest BCUT2D eigenvalue weighted by molar-refractivity contribution is 5.50. The van der Waals surface area contributed by atoms with Crippen LogP contribution in [0.25, 0.3) is 0 Å². The molecule has 1 aliphatic rings. The van der Waals surface area contributed by atoms with Gasteiger partial charge in [0.1, 0.15) is 0 Å². The van der Waals surface area contributed by atoms with Gasteiger partial charge in [0.2, 0.25) is 0 Å². The second kappa shape index (κ2) is 4.42. The van der Waals surface area contributed by atoms with Crippen LogP contribution in [-0.2, 0) is 6.54 Å². The molecule has 0 spiro atoms. The van der Waals surface area contributed by atoms with Gasteiger partial charge in [0, 0.05) is 36.2 Å². The first-order valence-corrected chi connectivity index (χ1v) is 5.30. The van der Waals surface area contributed by atoms with E-state index < -0.39 is 0 Å². The number of hydrogen-bond donors (Lipinski definition) is 2. The molecule has 14 heavy (non-hydrogen) atoms. The third-order valence-corrected chi connectivity index (χ3v) is 2.41. The first kappa shape index (κ1) is 9.46. The molecule has 0 bridgehead atoms. The average molecular weight is 191 g/mol. The smallest absolute Gasteiger partial charge is 0.0418 e. The number of anilines is 1. The Hall–Kier alpha value is -1.09. The summed E-state index contributed by atoms with van der Waals surface area (Å²) >= 11 is 0. The molecule has 3 heteroatoms. The Labute approximate surface area is 84.9 Å². The van der Waals surface area contributed by atoms with Crippen molar-refractivity contribution in [2.45, 2.75) is 32.4 Å². The van der Waals surface area contributed by atoms with E-state index >= 15 is 0 Å². The second-order valence-electron chi connectivity index (χ2n) is 3.73. The van der Waals surface area contributed by atoms with Crippen molar-refractivity contribution >= 4 is 5.69 Å². The maximum absolute atomic E-state index is 4.15. The zero-order valence-corrected chi connectivity index (χ0v) is 8.59. The van der Waals surface area contributed by atoms with Crippen LogP contribution in [0.1, 0.15) is 25.3 Å². The summed E-state index contributed by atoms with van der Waals surface area (Å²) in [6.07, 6.45) is 6.40. The lowest BCUT2D eigenvalue weighted by atomic mass is 10.2. The highest BCUT2D eigenvalue weighted by atomic mass is 15.0. The summed E-state index contributed by atoms with van der Waals surface area (Å²) in [4.78, 5) is 4.15. The molecule has 2 N–H and O–H groups in total. The Morgan fingerprint density at radius 2 is 2.36 bits per heavy atom. The van der Waals surface area contributed by atoms with Gasteiger partial charge >= 0.3 is 0 Å². The second-order valence-corrected chi connectivity index (χ2v) is 3.73. The van der Waals surface area contributed by atoms with Crippen LogP contribution in [0.5, 0.6) is 0 Å². The molecule has 0 atom stereocenters. The highest BCUT2D eigenvalue weighted by Gasteiger charge is 2.21. The van der Waals surface area contributed by atoms with Crippen LogP contribution in [0, 0.1) is 0 Å². The van der Waals surface area contributed by atoms with Crippen LogP contribution in [-0.4, -0.2) is 17.6 Å². The fourth-order valence-corrected chi connectivity index (χ4v) is 1.42. The lowest BCUT2D eigenvalue weighted by molar-refractivity contribution is 0.725.